The summed E-state index contributed by atoms with van der Waals surface area (Å²) in [5.41, 5.74) is 1.77. The number of rotatable bonds is 4. The fourth-order valence-electron chi connectivity index (χ4n) is 2.68. The Balaban J connectivity index is 1.54. The quantitative estimate of drug-likeness (QED) is 0.699. The van der Waals surface area contributed by atoms with Crippen LogP contribution in [0.15, 0.2) is 42.5 Å². The maximum Gasteiger partial charge on any atom is 0.246 e. The summed E-state index contributed by atoms with van der Waals surface area (Å²) in [7, 11) is 0. The van der Waals surface area contributed by atoms with Crippen LogP contribution in [0.3, 0.4) is 0 Å². The Morgan fingerprint density at radius 2 is 1.88 bits per heavy atom. The molecule has 0 unspecified atom stereocenters. The van der Waals surface area contributed by atoms with Gasteiger partial charge in [0.25, 0.3) is 0 Å². The summed E-state index contributed by atoms with van der Waals surface area (Å²) in [5, 5.41) is 10.8. The van der Waals surface area contributed by atoms with E-state index in [1.807, 2.05) is 36.4 Å². The molecule has 8 heteroatoms. The number of hydrogen-bond acceptors (Lipinski definition) is 6. The standard InChI is InChI=1S/C17H17ClN6O/c18-14-10-13(11-15(20-14)24-6-8-25-9-7-24)19-17-21-16(22-23-17)12-4-2-1-3-5-12/h1-5,10-11H,6-9H2,(H2,19,20,21,22,23). The fourth-order valence-corrected chi connectivity index (χ4v) is 2.89. The molecule has 0 amide bonds. The second kappa shape index (κ2) is 7.08. The Morgan fingerprint density at radius 1 is 1.08 bits per heavy atom. The van der Waals surface area contributed by atoms with Gasteiger partial charge in [-0.25, -0.2) is 4.98 Å². The molecule has 128 valence electrons. The van der Waals surface area contributed by atoms with E-state index in [0.29, 0.717) is 30.1 Å². The van der Waals surface area contributed by atoms with Crippen molar-refractivity contribution in [2.75, 3.05) is 36.5 Å². The van der Waals surface area contributed by atoms with Crippen LogP contribution in [0.25, 0.3) is 11.4 Å². The number of morpholine rings is 1. The van der Waals surface area contributed by atoms with Crippen molar-refractivity contribution in [3.63, 3.8) is 0 Å². The zero-order valence-electron chi connectivity index (χ0n) is 13.4. The van der Waals surface area contributed by atoms with Crippen LogP contribution in [0.1, 0.15) is 0 Å². The van der Waals surface area contributed by atoms with Crippen molar-refractivity contribution < 1.29 is 4.74 Å². The monoisotopic (exact) mass is 356 g/mol. The molecule has 2 aromatic heterocycles. The molecule has 1 saturated heterocycles. The van der Waals surface area contributed by atoms with Crippen molar-refractivity contribution in [1.29, 1.82) is 0 Å². The largest absolute Gasteiger partial charge is 0.378 e. The van der Waals surface area contributed by atoms with Gasteiger partial charge < -0.3 is 15.0 Å². The normalized spacial score (nSPS) is 14.5. The van der Waals surface area contributed by atoms with E-state index in [1.54, 1.807) is 6.07 Å². The van der Waals surface area contributed by atoms with Gasteiger partial charge in [0.1, 0.15) is 11.0 Å². The van der Waals surface area contributed by atoms with Crippen molar-refractivity contribution in [2.45, 2.75) is 0 Å². The molecule has 0 radical (unpaired) electrons. The molecular formula is C17H17ClN6O. The molecule has 3 aromatic rings. The van der Waals surface area contributed by atoms with E-state index in [4.69, 9.17) is 16.3 Å². The summed E-state index contributed by atoms with van der Waals surface area (Å²) in [6, 6.07) is 13.5. The summed E-state index contributed by atoms with van der Waals surface area (Å²) < 4.78 is 5.38. The van der Waals surface area contributed by atoms with Gasteiger partial charge >= 0.3 is 0 Å². The number of pyridine rings is 1. The van der Waals surface area contributed by atoms with Gasteiger partial charge in [0.2, 0.25) is 5.95 Å². The zero-order chi connectivity index (χ0) is 17.1. The SMILES string of the molecule is Clc1cc(Nc2n[nH]c(-c3ccccc3)n2)cc(N2CCOCC2)n1. The lowest BCUT2D eigenvalue weighted by atomic mass is 10.2. The first kappa shape index (κ1) is 15.9. The minimum Gasteiger partial charge on any atom is -0.378 e. The Hall–Kier alpha value is -2.64. The molecule has 25 heavy (non-hydrogen) atoms. The number of benzene rings is 1. The van der Waals surface area contributed by atoms with E-state index >= 15 is 0 Å². The predicted molar refractivity (Wildman–Crippen MR) is 97.4 cm³/mol. The first-order valence-corrected chi connectivity index (χ1v) is 8.41. The van der Waals surface area contributed by atoms with Crippen molar-refractivity contribution in [2.24, 2.45) is 0 Å². The van der Waals surface area contributed by atoms with Crippen molar-refractivity contribution in [3.8, 4) is 11.4 Å². The summed E-state index contributed by atoms with van der Waals surface area (Å²) >= 11 is 6.18. The number of aromatic amines is 1. The van der Waals surface area contributed by atoms with Gasteiger partial charge in [-0.05, 0) is 6.07 Å². The van der Waals surface area contributed by atoms with Crippen molar-refractivity contribution >= 4 is 29.1 Å². The minimum absolute atomic E-state index is 0.422. The Morgan fingerprint density at radius 3 is 2.68 bits per heavy atom. The van der Waals surface area contributed by atoms with E-state index in [0.717, 1.165) is 30.2 Å². The molecule has 0 atom stereocenters. The van der Waals surface area contributed by atoms with Crippen LogP contribution >= 0.6 is 11.6 Å². The number of ether oxygens (including phenoxy) is 1. The fraction of sp³-hybridized carbons (Fsp3) is 0.235. The summed E-state index contributed by atoms with van der Waals surface area (Å²) in [6.45, 7) is 2.98. The zero-order valence-corrected chi connectivity index (χ0v) is 14.2. The molecule has 0 bridgehead atoms. The summed E-state index contributed by atoms with van der Waals surface area (Å²) in [6.07, 6.45) is 0. The Labute approximate surface area is 150 Å². The highest BCUT2D eigenvalue weighted by Gasteiger charge is 2.14. The number of anilines is 3. The minimum atomic E-state index is 0.422. The third kappa shape index (κ3) is 3.72. The van der Waals surface area contributed by atoms with Gasteiger partial charge in [-0.1, -0.05) is 41.9 Å². The van der Waals surface area contributed by atoms with Gasteiger partial charge in [-0.3, -0.25) is 5.10 Å². The second-order valence-corrected chi connectivity index (χ2v) is 6.02. The van der Waals surface area contributed by atoms with E-state index < -0.39 is 0 Å². The number of nitrogens with zero attached hydrogens (tertiary/aromatic N) is 4. The second-order valence-electron chi connectivity index (χ2n) is 5.63. The molecule has 1 aliphatic heterocycles. The molecule has 3 heterocycles. The molecule has 1 aliphatic rings. The molecule has 2 N–H and O–H groups in total. The van der Waals surface area contributed by atoms with Crippen LogP contribution in [-0.4, -0.2) is 46.5 Å². The van der Waals surface area contributed by atoms with Crippen LogP contribution in [0.5, 0.6) is 0 Å². The number of aromatic nitrogens is 4. The molecule has 0 spiro atoms. The highest BCUT2D eigenvalue weighted by Crippen LogP contribution is 2.25. The van der Waals surface area contributed by atoms with E-state index in [1.165, 1.54) is 0 Å². The van der Waals surface area contributed by atoms with Crippen LogP contribution in [0, 0.1) is 0 Å². The third-order valence-corrected chi connectivity index (χ3v) is 4.10. The maximum absolute atomic E-state index is 6.18. The topological polar surface area (TPSA) is 79.0 Å². The highest BCUT2D eigenvalue weighted by atomic mass is 35.5. The number of halogens is 1. The maximum atomic E-state index is 6.18. The number of nitrogens with one attached hydrogen (secondary N) is 2. The average molecular weight is 357 g/mol. The van der Waals surface area contributed by atoms with Gasteiger partial charge in [-0.15, -0.1) is 5.10 Å². The van der Waals surface area contributed by atoms with E-state index in [2.05, 4.69) is 30.4 Å². The first-order chi connectivity index (χ1) is 12.3. The average Bonchev–Trinajstić information content (AvgIpc) is 3.11. The number of hydrogen-bond donors (Lipinski definition) is 2. The molecule has 4 rings (SSSR count). The van der Waals surface area contributed by atoms with E-state index in [-0.39, 0.29) is 0 Å². The predicted octanol–water partition coefficient (Wildman–Crippen LogP) is 3.10. The van der Waals surface area contributed by atoms with E-state index in [9.17, 15) is 0 Å². The Bertz CT molecular complexity index is 847. The Kier molecular flexibility index (Phi) is 4.49. The van der Waals surface area contributed by atoms with Crippen LogP contribution in [0.2, 0.25) is 5.15 Å². The smallest absolute Gasteiger partial charge is 0.246 e. The van der Waals surface area contributed by atoms with Crippen LogP contribution in [0.4, 0.5) is 17.5 Å². The van der Waals surface area contributed by atoms with Gasteiger partial charge in [0.05, 0.1) is 13.2 Å². The molecule has 1 fully saturated rings. The van der Waals surface area contributed by atoms with Crippen LogP contribution < -0.4 is 10.2 Å². The lowest BCUT2D eigenvalue weighted by Crippen LogP contribution is -2.36. The van der Waals surface area contributed by atoms with Crippen molar-refractivity contribution in [3.05, 3.63) is 47.6 Å². The van der Waals surface area contributed by atoms with Gasteiger partial charge in [0, 0.05) is 30.4 Å². The first-order valence-electron chi connectivity index (χ1n) is 8.03. The molecule has 1 aromatic carbocycles. The van der Waals surface area contributed by atoms with Crippen LogP contribution in [-0.2, 0) is 4.74 Å². The summed E-state index contributed by atoms with van der Waals surface area (Å²) in [5.74, 6) is 2.00. The summed E-state index contributed by atoms with van der Waals surface area (Å²) in [4.78, 5) is 11.0. The van der Waals surface area contributed by atoms with Gasteiger partial charge in [-0.2, -0.15) is 4.98 Å². The lowest BCUT2D eigenvalue weighted by Gasteiger charge is -2.28. The lowest BCUT2D eigenvalue weighted by molar-refractivity contribution is 0.122. The van der Waals surface area contributed by atoms with Crippen molar-refractivity contribution in [1.82, 2.24) is 20.2 Å². The molecular weight excluding hydrogens is 340 g/mol. The molecule has 7 nitrogen and oxygen atoms in total. The molecule has 0 aliphatic carbocycles. The van der Waals surface area contributed by atoms with Gasteiger partial charge in [0.15, 0.2) is 5.82 Å². The third-order valence-electron chi connectivity index (χ3n) is 3.90. The molecule has 0 saturated carbocycles. The number of H-pyrrole nitrogens is 1. The highest BCUT2D eigenvalue weighted by molar-refractivity contribution is 6.29.